The fourth-order valence-electron chi connectivity index (χ4n) is 3.22. The molecule has 1 aliphatic heterocycles. The van der Waals surface area contributed by atoms with Gasteiger partial charge in [-0.05, 0) is 38.5 Å². The summed E-state index contributed by atoms with van der Waals surface area (Å²) in [5.41, 5.74) is 1.10. The van der Waals surface area contributed by atoms with Gasteiger partial charge in [0, 0.05) is 36.6 Å². The lowest BCUT2D eigenvalue weighted by Crippen LogP contribution is -2.41. The Bertz CT molecular complexity index is 863. The maximum atomic E-state index is 13.6. The molecule has 2 amide bonds. The first-order valence-electron chi connectivity index (χ1n) is 10.0. The first-order valence-corrected chi connectivity index (χ1v) is 10.8. The third-order valence-electron chi connectivity index (χ3n) is 4.97. The monoisotopic (exact) mass is 434 g/mol. The topological polar surface area (TPSA) is 74.8 Å². The Labute approximate surface area is 179 Å². The molecule has 9 heteroatoms. The first-order chi connectivity index (χ1) is 14.4. The number of anilines is 1. The lowest BCUT2D eigenvalue weighted by molar-refractivity contribution is -0.116. The normalized spacial score (nSPS) is 14.5. The maximum Gasteiger partial charge on any atom is 0.254 e. The Balaban J connectivity index is 1.64. The zero-order valence-electron chi connectivity index (χ0n) is 17.3. The molecular formula is C21H27FN4O3S. The van der Waals surface area contributed by atoms with Crippen LogP contribution in [0.25, 0.3) is 0 Å². The van der Waals surface area contributed by atoms with Crippen LogP contribution in [0.1, 0.15) is 27.3 Å². The molecule has 1 saturated heterocycles. The summed E-state index contributed by atoms with van der Waals surface area (Å²) in [6, 6.07) is 5.55. The van der Waals surface area contributed by atoms with E-state index in [1.807, 2.05) is 13.8 Å². The van der Waals surface area contributed by atoms with E-state index in [9.17, 15) is 14.0 Å². The van der Waals surface area contributed by atoms with E-state index in [0.29, 0.717) is 31.3 Å². The lowest BCUT2D eigenvalue weighted by Gasteiger charge is -2.28. The summed E-state index contributed by atoms with van der Waals surface area (Å²) >= 11 is 1.40. The number of rotatable bonds is 8. The van der Waals surface area contributed by atoms with E-state index in [0.717, 1.165) is 30.2 Å². The molecular weight excluding hydrogens is 407 g/mol. The van der Waals surface area contributed by atoms with Crippen molar-refractivity contribution in [2.75, 3.05) is 51.3 Å². The van der Waals surface area contributed by atoms with Gasteiger partial charge in [-0.2, -0.15) is 0 Å². The zero-order chi connectivity index (χ0) is 21.5. The van der Waals surface area contributed by atoms with Crippen molar-refractivity contribution in [3.63, 3.8) is 0 Å². The van der Waals surface area contributed by atoms with Gasteiger partial charge in [0.2, 0.25) is 5.91 Å². The fraction of sp³-hybridized carbons (Fsp3) is 0.476. The number of benzene rings is 1. The van der Waals surface area contributed by atoms with Crippen molar-refractivity contribution >= 4 is 28.3 Å². The highest BCUT2D eigenvalue weighted by atomic mass is 32.1. The van der Waals surface area contributed by atoms with Gasteiger partial charge in [0.25, 0.3) is 5.91 Å². The molecule has 1 N–H and O–H groups in total. The van der Waals surface area contributed by atoms with E-state index in [4.69, 9.17) is 4.74 Å². The number of thiazole rings is 1. The minimum absolute atomic E-state index is 0.115. The van der Waals surface area contributed by atoms with Crippen LogP contribution in [0.15, 0.2) is 24.3 Å². The molecule has 162 valence electrons. The van der Waals surface area contributed by atoms with Gasteiger partial charge in [0.05, 0.1) is 18.9 Å². The summed E-state index contributed by atoms with van der Waals surface area (Å²) in [7, 11) is 0. The Morgan fingerprint density at radius 2 is 2.07 bits per heavy atom. The average molecular weight is 435 g/mol. The summed E-state index contributed by atoms with van der Waals surface area (Å²) in [5.74, 6) is -1.16. The second kappa shape index (κ2) is 10.6. The molecule has 2 aromatic rings. The Hall–Kier alpha value is -2.36. The SMILES string of the molecule is Cc1nc(NC(=O)CN(CCCN2CCOCC2)C(=O)c2cccc(F)c2)sc1C. The summed E-state index contributed by atoms with van der Waals surface area (Å²) in [5, 5.41) is 3.28. The molecule has 0 bridgehead atoms. The summed E-state index contributed by atoms with van der Waals surface area (Å²) in [6.45, 7) is 8.06. The molecule has 0 unspecified atom stereocenters. The molecule has 2 heterocycles. The standard InChI is InChI=1S/C21H27FN4O3S/c1-15-16(2)30-21(23-15)24-19(27)14-26(8-4-7-25-9-11-29-12-10-25)20(28)17-5-3-6-18(22)13-17/h3,5-6,13H,4,7-12,14H2,1-2H3,(H,23,24,27). The molecule has 0 aliphatic carbocycles. The number of hydrogen-bond donors (Lipinski definition) is 1. The first kappa shape index (κ1) is 22.3. The van der Waals surface area contributed by atoms with Crippen LogP contribution in [-0.2, 0) is 9.53 Å². The fourth-order valence-corrected chi connectivity index (χ4v) is 4.06. The van der Waals surface area contributed by atoms with Crippen molar-refractivity contribution in [3.05, 3.63) is 46.2 Å². The number of nitrogens with zero attached hydrogens (tertiary/aromatic N) is 3. The summed E-state index contributed by atoms with van der Waals surface area (Å²) in [4.78, 5) is 34.6. The van der Waals surface area contributed by atoms with Gasteiger partial charge in [-0.15, -0.1) is 11.3 Å². The molecule has 30 heavy (non-hydrogen) atoms. The number of amides is 2. The Morgan fingerprint density at radius 3 is 2.73 bits per heavy atom. The van der Waals surface area contributed by atoms with Crippen molar-refractivity contribution in [1.82, 2.24) is 14.8 Å². The molecule has 0 atom stereocenters. The minimum Gasteiger partial charge on any atom is -0.379 e. The minimum atomic E-state index is -0.479. The number of halogens is 1. The second-order valence-electron chi connectivity index (χ2n) is 7.25. The van der Waals surface area contributed by atoms with Gasteiger partial charge in [0.15, 0.2) is 5.13 Å². The number of morpholine rings is 1. The van der Waals surface area contributed by atoms with Crippen molar-refractivity contribution in [1.29, 1.82) is 0 Å². The van der Waals surface area contributed by atoms with E-state index in [1.165, 1.54) is 34.4 Å². The molecule has 1 aliphatic rings. The molecule has 0 radical (unpaired) electrons. The van der Waals surface area contributed by atoms with Crippen LogP contribution in [0.4, 0.5) is 9.52 Å². The predicted octanol–water partition coefficient (Wildman–Crippen LogP) is 2.70. The predicted molar refractivity (Wildman–Crippen MR) is 114 cm³/mol. The van der Waals surface area contributed by atoms with Crippen molar-refractivity contribution in [2.24, 2.45) is 0 Å². The van der Waals surface area contributed by atoms with Gasteiger partial charge in [-0.3, -0.25) is 14.5 Å². The third-order valence-corrected chi connectivity index (χ3v) is 5.96. The highest BCUT2D eigenvalue weighted by Crippen LogP contribution is 2.21. The van der Waals surface area contributed by atoms with Gasteiger partial charge >= 0.3 is 0 Å². The maximum absolute atomic E-state index is 13.6. The molecule has 0 spiro atoms. The molecule has 1 aromatic carbocycles. The van der Waals surface area contributed by atoms with Crippen LogP contribution in [0.3, 0.4) is 0 Å². The quantitative estimate of drug-likeness (QED) is 0.692. The molecule has 1 aromatic heterocycles. The summed E-state index contributed by atoms with van der Waals surface area (Å²) in [6.07, 6.45) is 0.712. The van der Waals surface area contributed by atoms with Crippen LogP contribution in [0, 0.1) is 19.7 Å². The summed E-state index contributed by atoms with van der Waals surface area (Å²) < 4.78 is 19.0. The lowest BCUT2D eigenvalue weighted by atomic mass is 10.2. The molecule has 7 nitrogen and oxygen atoms in total. The van der Waals surface area contributed by atoms with Gasteiger partial charge in [-0.25, -0.2) is 9.37 Å². The van der Waals surface area contributed by atoms with Crippen molar-refractivity contribution < 1.29 is 18.7 Å². The Morgan fingerprint density at radius 1 is 1.30 bits per heavy atom. The van der Waals surface area contributed by atoms with Gasteiger partial charge in [0.1, 0.15) is 12.4 Å². The highest BCUT2D eigenvalue weighted by molar-refractivity contribution is 7.15. The van der Waals surface area contributed by atoms with E-state index in [-0.39, 0.29) is 23.9 Å². The number of ether oxygens (including phenoxy) is 1. The zero-order valence-corrected chi connectivity index (χ0v) is 18.1. The second-order valence-corrected chi connectivity index (χ2v) is 8.46. The van der Waals surface area contributed by atoms with Crippen LogP contribution in [0.5, 0.6) is 0 Å². The number of aromatic nitrogens is 1. The molecule has 1 fully saturated rings. The van der Waals surface area contributed by atoms with Gasteiger partial charge < -0.3 is 15.0 Å². The average Bonchev–Trinajstić information content (AvgIpc) is 3.04. The number of aryl methyl sites for hydroxylation is 2. The number of carbonyl (C=O) groups excluding carboxylic acids is 2. The highest BCUT2D eigenvalue weighted by Gasteiger charge is 2.21. The number of nitrogens with one attached hydrogen (secondary N) is 1. The van der Waals surface area contributed by atoms with Gasteiger partial charge in [-0.1, -0.05) is 6.07 Å². The third kappa shape index (κ3) is 6.32. The number of hydrogen-bond acceptors (Lipinski definition) is 6. The molecule has 3 rings (SSSR count). The van der Waals surface area contributed by atoms with Crippen LogP contribution >= 0.6 is 11.3 Å². The van der Waals surface area contributed by atoms with Crippen molar-refractivity contribution in [3.8, 4) is 0 Å². The van der Waals surface area contributed by atoms with Crippen LogP contribution < -0.4 is 5.32 Å². The van der Waals surface area contributed by atoms with E-state index in [1.54, 1.807) is 6.07 Å². The number of carbonyl (C=O) groups is 2. The van der Waals surface area contributed by atoms with E-state index < -0.39 is 5.82 Å². The van der Waals surface area contributed by atoms with E-state index >= 15 is 0 Å². The van der Waals surface area contributed by atoms with Crippen molar-refractivity contribution in [2.45, 2.75) is 20.3 Å². The van der Waals surface area contributed by atoms with E-state index in [2.05, 4.69) is 15.2 Å². The largest absolute Gasteiger partial charge is 0.379 e. The molecule has 0 saturated carbocycles. The van der Waals surface area contributed by atoms with Crippen LogP contribution in [0.2, 0.25) is 0 Å². The Kier molecular flexibility index (Phi) is 7.89. The smallest absolute Gasteiger partial charge is 0.254 e. The van der Waals surface area contributed by atoms with Crippen LogP contribution in [-0.4, -0.2) is 72.5 Å².